The molecule has 1 fully saturated rings. The van der Waals surface area contributed by atoms with Gasteiger partial charge in [-0.15, -0.1) is 12.4 Å². The van der Waals surface area contributed by atoms with E-state index in [0.29, 0.717) is 18.7 Å². The molecule has 1 aliphatic rings. The highest BCUT2D eigenvalue weighted by Gasteiger charge is 2.24. The van der Waals surface area contributed by atoms with Gasteiger partial charge >= 0.3 is 0 Å². The second-order valence-corrected chi connectivity index (χ2v) is 3.81. The van der Waals surface area contributed by atoms with Crippen LogP contribution in [0.3, 0.4) is 0 Å². The van der Waals surface area contributed by atoms with Gasteiger partial charge in [-0.25, -0.2) is 4.39 Å². The molecule has 1 heterocycles. The minimum Gasteiger partial charge on any atom is -0.337 e. The zero-order valence-corrected chi connectivity index (χ0v) is 9.54. The molecule has 1 amide bonds. The van der Waals surface area contributed by atoms with Crippen molar-refractivity contribution in [1.29, 1.82) is 0 Å². The first-order valence-electron chi connectivity index (χ1n) is 4.97. The van der Waals surface area contributed by atoms with E-state index in [1.165, 1.54) is 24.3 Å². The number of likely N-dealkylation sites (tertiary alicyclic amines) is 1. The lowest BCUT2D eigenvalue weighted by atomic mass is 10.2. The highest BCUT2D eigenvalue weighted by Crippen LogP contribution is 2.12. The summed E-state index contributed by atoms with van der Waals surface area (Å²) in [4.78, 5) is 13.6. The third-order valence-corrected chi connectivity index (χ3v) is 2.60. The van der Waals surface area contributed by atoms with Gasteiger partial charge in [-0.2, -0.15) is 0 Å². The van der Waals surface area contributed by atoms with Gasteiger partial charge in [-0.1, -0.05) is 0 Å². The van der Waals surface area contributed by atoms with Gasteiger partial charge in [0.1, 0.15) is 5.82 Å². The SMILES string of the molecule is Cl.NC1CCN(C(=O)c2ccc(F)cc2)C1. The Morgan fingerprint density at radius 1 is 1.38 bits per heavy atom. The second kappa shape index (κ2) is 5.27. The molecule has 1 aromatic carbocycles. The summed E-state index contributed by atoms with van der Waals surface area (Å²) >= 11 is 0. The summed E-state index contributed by atoms with van der Waals surface area (Å²) in [5.41, 5.74) is 6.23. The maximum absolute atomic E-state index is 12.6. The van der Waals surface area contributed by atoms with E-state index in [9.17, 15) is 9.18 Å². The molecule has 0 bridgehead atoms. The summed E-state index contributed by atoms with van der Waals surface area (Å²) in [5.74, 6) is -0.396. The number of amides is 1. The van der Waals surface area contributed by atoms with Crippen molar-refractivity contribution in [2.75, 3.05) is 13.1 Å². The molecule has 3 nitrogen and oxygen atoms in total. The van der Waals surface area contributed by atoms with Crippen molar-refractivity contribution in [2.24, 2.45) is 5.73 Å². The smallest absolute Gasteiger partial charge is 0.253 e. The largest absolute Gasteiger partial charge is 0.337 e. The van der Waals surface area contributed by atoms with E-state index >= 15 is 0 Å². The van der Waals surface area contributed by atoms with Crippen LogP contribution in [-0.2, 0) is 0 Å². The number of halogens is 2. The quantitative estimate of drug-likeness (QED) is 0.812. The Morgan fingerprint density at radius 2 is 2.00 bits per heavy atom. The van der Waals surface area contributed by atoms with E-state index in [2.05, 4.69) is 0 Å². The molecule has 0 aliphatic carbocycles. The number of nitrogens with zero attached hydrogens (tertiary/aromatic N) is 1. The summed E-state index contributed by atoms with van der Waals surface area (Å²) < 4.78 is 12.6. The average Bonchev–Trinajstić information content (AvgIpc) is 2.65. The van der Waals surface area contributed by atoms with Gasteiger partial charge < -0.3 is 10.6 Å². The van der Waals surface area contributed by atoms with Crippen LogP contribution in [0.5, 0.6) is 0 Å². The molecule has 0 spiro atoms. The number of rotatable bonds is 1. The Bertz CT molecular complexity index is 369. The van der Waals surface area contributed by atoms with Crippen LogP contribution in [0.2, 0.25) is 0 Å². The van der Waals surface area contributed by atoms with Gasteiger partial charge in [0, 0.05) is 24.7 Å². The molecular formula is C11H14ClFN2O. The molecule has 2 rings (SSSR count). The third kappa shape index (κ3) is 2.71. The molecule has 5 heteroatoms. The van der Waals surface area contributed by atoms with Gasteiger partial charge in [-0.3, -0.25) is 4.79 Å². The minimum absolute atomic E-state index is 0. The van der Waals surface area contributed by atoms with E-state index < -0.39 is 0 Å². The zero-order chi connectivity index (χ0) is 10.8. The predicted octanol–water partition coefficient (Wildman–Crippen LogP) is 1.42. The van der Waals surface area contributed by atoms with Crippen LogP contribution in [0, 0.1) is 5.82 Å². The first-order valence-corrected chi connectivity index (χ1v) is 4.97. The van der Waals surface area contributed by atoms with Gasteiger partial charge in [-0.05, 0) is 30.7 Å². The van der Waals surface area contributed by atoms with Crippen LogP contribution >= 0.6 is 12.4 Å². The Balaban J connectivity index is 0.00000128. The molecule has 1 atom stereocenters. The monoisotopic (exact) mass is 244 g/mol. The fourth-order valence-corrected chi connectivity index (χ4v) is 1.75. The third-order valence-electron chi connectivity index (χ3n) is 2.60. The van der Waals surface area contributed by atoms with Crippen LogP contribution in [0.1, 0.15) is 16.8 Å². The maximum Gasteiger partial charge on any atom is 0.253 e. The van der Waals surface area contributed by atoms with Crippen LogP contribution in [0.25, 0.3) is 0 Å². The molecule has 1 saturated heterocycles. The summed E-state index contributed by atoms with van der Waals surface area (Å²) in [7, 11) is 0. The average molecular weight is 245 g/mol. The normalized spacial score (nSPS) is 19.4. The maximum atomic E-state index is 12.6. The Labute approximate surface area is 99.8 Å². The van der Waals surface area contributed by atoms with E-state index in [4.69, 9.17) is 5.73 Å². The van der Waals surface area contributed by atoms with Crippen molar-refractivity contribution >= 4 is 18.3 Å². The molecule has 1 unspecified atom stereocenters. The number of carbonyl (C=O) groups is 1. The molecule has 2 N–H and O–H groups in total. The van der Waals surface area contributed by atoms with E-state index in [1.807, 2.05) is 0 Å². The predicted molar refractivity (Wildman–Crippen MR) is 62.1 cm³/mol. The first kappa shape index (κ1) is 12.9. The van der Waals surface area contributed by atoms with E-state index in [-0.39, 0.29) is 30.2 Å². The highest BCUT2D eigenvalue weighted by atomic mass is 35.5. The number of hydrogen-bond acceptors (Lipinski definition) is 2. The van der Waals surface area contributed by atoms with Crippen LogP contribution in [0.15, 0.2) is 24.3 Å². The Morgan fingerprint density at radius 3 is 2.50 bits per heavy atom. The fourth-order valence-electron chi connectivity index (χ4n) is 1.75. The Kier molecular flexibility index (Phi) is 4.26. The van der Waals surface area contributed by atoms with Gasteiger partial charge in [0.05, 0.1) is 0 Å². The molecular weight excluding hydrogens is 231 g/mol. The second-order valence-electron chi connectivity index (χ2n) is 3.81. The lowest BCUT2D eigenvalue weighted by Gasteiger charge is -2.15. The van der Waals surface area contributed by atoms with Crippen molar-refractivity contribution in [1.82, 2.24) is 4.90 Å². The van der Waals surface area contributed by atoms with Crippen molar-refractivity contribution in [2.45, 2.75) is 12.5 Å². The standard InChI is InChI=1S/C11H13FN2O.ClH/c12-9-3-1-8(2-4-9)11(15)14-6-5-10(13)7-14;/h1-4,10H,5-7,13H2;1H. The summed E-state index contributed by atoms with van der Waals surface area (Å²) in [6.07, 6.45) is 0.840. The molecule has 88 valence electrons. The Hall–Kier alpha value is -1.13. The van der Waals surface area contributed by atoms with Crippen LogP contribution in [0.4, 0.5) is 4.39 Å². The minimum atomic E-state index is -0.329. The van der Waals surface area contributed by atoms with Gasteiger partial charge in [0.2, 0.25) is 0 Å². The number of nitrogens with two attached hydrogens (primary N) is 1. The highest BCUT2D eigenvalue weighted by molar-refractivity contribution is 5.94. The van der Waals surface area contributed by atoms with Crippen LogP contribution in [-0.4, -0.2) is 29.9 Å². The molecule has 0 aromatic heterocycles. The lowest BCUT2D eigenvalue weighted by molar-refractivity contribution is 0.0791. The van der Waals surface area contributed by atoms with Crippen molar-refractivity contribution in [3.8, 4) is 0 Å². The van der Waals surface area contributed by atoms with Gasteiger partial charge in [0.25, 0.3) is 5.91 Å². The summed E-state index contributed by atoms with van der Waals surface area (Å²) in [6.45, 7) is 1.29. The number of carbonyl (C=O) groups excluding carboxylic acids is 1. The topological polar surface area (TPSA) is 46.3 Å². The summed E-state index contributed by atoms with van der Waals surface area (Å²) in [6, 6.07) is 5.67. The molecule has 0 saturated carbocycles. The number of hydrogen-bond donors (Lipinski definition) is 1. The fraction of sp³-hybridized carbons (Fsp3) is 0.364. The van der Waals surface area contributed by atoms with Crippen molar-refractivity contribution < 1.29 is 9.18 Å². The van der Waals surface area contributed by atoms with E-state index in [0.717, 1.165) is 6.42 Å². The molecule has 0 radical (unpaired) electrons. The van der Waals surface area contributed by atoms with Crippen molar-refractivity contribution in [3.05, 3.63) is 35.6 Å². The van der Waals surface area contributed by atoms with Crippen LogP contribution < -0.4 is 5.73 Å². The number of benzene rings is 1. The lowest BCUT2D eigenvalue weighted by Crippen LogP contribution is -2.31. The molecule has 1 aromatic rings. The van der Waals surface area contributed by atoms with Crippen molar-refractivity contribution in [3.63, 3.8) is 0 Å². The first-order chi connectivity index (χ1) is 7.16. The zero-order valence-electron chi connectivity index (χ0n) is 8.73. The molecule has 1 aliphatic heterocycles. The molecule has 16 heavy (non-hydrogen) atoms. The van der Waals surface area contributed by atoms with Gasteiger partial charge in [0.15, 0.2) is 0 Å². The van der Waals surface area contributed by atoms with E-state index in [1.54, 1.807) is 4.90 Å². The summed E-state index contributed by atoms with van der Waals surface area (Å²) in [5, 5.41) is 0.